The molecule has 0 heterocycles. The summed E-state index contributed by atoms with van der Waals surface area (Å²) in [6.07, 6.45) is 0. The zero-order valence-corrected chi connectivity index (χ0v) is 30.5. The van der Waals surface area contributed by atoms with E-state index in [1.165, 1.54) is 55.6 Å². The first-order chi connectivity index (χ1) is 27.3. The summed E-state index contributed by atoms with van der Waals surface area (Å²) in [4.78, 5) is 2.40. The third kappa shape index (κ3) is 7.12. The van der Waals surface area contributed by atoms with Crippen LogP contribution in [0.1, 0.15) is 0 Å². The highest BCUT2D eigenvalue weighted by Crippen LogP contribution is 2.44. The maximum absolute atomic E-state index is 2.40. The van der Waals surface area contributed by atoms with Crippen LogP contribution in [0.25, 0.3) is 66.8 Å². The predicted octanol–water partition coefficient (Wildman–Crippen LogP) is 15.2. The highest BCUT2D eigenvalue weighted by atomic mass is 15.1. The highest BCUT2D eigenvalue weighted by molar-refractivity contribution is 5.92. The predicted molar refractivity (Wildman–Crippen MR) is 234 cm³/mol. The molecule has 9 rings (SSSR count). The molecule has 9 aromatic carbocycles. The first-order valence-electron chi connectivity index (χ1n) is 18.8. The van der Waals surface area contributed by atoms with Crippen molar-refractivity contribution in [3.05, 3.63) is 237 Å². The Bertz CT molecular complexity index is 2550. The molecule has 0 fully saturated rings. The van der Waals surface area contributed by atoms with E-state index in [2.05, 4.69) is 241 Å². The summed E-state index contributed by atoms with van der Waals surface area (Å²) in [5.41, 5.74) is 17.6. The van der Waals surface area contributed by atoms with Crippen molar-refractivity contribution in [2.75, 3.05) is 4.90 Å². The molecule has 55 heavy (non-hydrogen) atoms. The lowest BCUT2D eigenvalue weighted by atomic mass is 9.92. The summed E-state index contributed by atoms with van der Waals surface area (Å²) in [7, 11) is 0. The third-order valence-electron chi connectivity index (χ3n) is 10.3. The van der Waals surface area contributed by atoms with E-state index >= 15 is 0 Å². The van der Waals surface area contributed by atoms with Crippen molar-refractivity contribution in [3.63, 3.8) is 0 Å². The maximum Gasteiger partial charge on any atom is 0.0546 e. The van der Waals surface area contributed by atoms with Gasteiger partial charge in [-0.15, -0.1) is 0 Å². The molecule has 260 valence electrons. The molecule has 0 aliphatic heterocycles. The van der Waals surface area contributed by atoms with Crippen LogP contribution in [-0.2, 0) is 0 Å². The second-order valence-corrected chi connectivity index (χ2v) is 13.7. The van der Waals surface area contributed by atoms with Crippen LogP contribution >= 0.6 is 0 Å². The van der Waals surface area contributed by atoms with Crippen molar-refractivity contribution in [3.8, 4) is 66.8 Å². The van der Waals surface area contributed by atoms with Crippen molar-refractivity contribution in [2.45, 2.75) is 0 Å². The summed E-state index contributed by atoms with van der Waals surface area (Å²) >= 11 is 0. The van der Waals surface area contributed by atoms with Gasteiger partial charge in [-0.1, -0.05) is 206 Å². The van der Waals surface area contributed by atoms with E-state index in [-0.39, 0.29) is 0 Å². The van der Waals surface area contributed by atoms with Gasteiger partial charge in [0.1, 0.15) is 0 Å². The Labute approximate surface area is 324 Å². The highest BCUT2D eigenvalue weighted by Gasteiger charge is 2.19. The Hall–Kier alpha value is -7.22. The molecule has 0 N–H and O–H groups in total. The molecule has 0 amide bonds. The Morgan fingerprint density at radius 2 is 0.491 bits per heavy atom. The average Bonchev–Trinajstić information content (AvgIpc) is 3.28. The largest absolute Gasteiger partial charge is 0.310 e. The molecular formula is C54H39N. The van der Waals surface area contributed by atoms with Crippen LogP contribution in [-0.4, -0.2) is 0 Å². The Morgan fingerprint density at radius 3 is 0.945 bits per heavy atom. The van der Waals surface area contributed by atoms with E-state index in [1.807, 2.05) is 0 Å². The minimum Gasteiger partial charge on any atom is -0.310 e. The maximum atomic E-state index is 2.40. The zero-order chi connectivity index (χ0) is 36.8. The van der Waals surface area contributed by atoms with Gasteiger partial charge in [0, 0.05) is 16.9 Å². The number of hydrogen-bond donors (Lipinski definition) is 0. The van der Waals surface area contributed by atoms with Gasteiger partial charge in [0.05, 0.1) is 5.69 Å². The summed E-state index contributed by atoms with van der Waals surface area (Å²) in [5.74, 6) is 0. The minimum atomic E-state index is 1.09. The van der Waals surface area contributed by atoms with Gasteiger partial charge in [-0.25, -0.2) is 0 Å². The summed E-state index contributed by atoms with van der Waals surface area (Å²) in [6, 6.07) is 85.0. The Balaban J connectivity index is 1.17. The lowest BCUT2D eigenvalue weighted by Crippen LogP contribution is -2.11. The second-order valence-electron chi connectivity index (χ2n) is 13.7. The molecule has 0 aromatic heterocycles. The van der Waals surface area contributed by atoms with Crippen LogP contribution in [0.15, 0.2) is 237 Å². The molecule has 0 atom stereocenters. The molecule has 0 bridgehead atoms. The summed E-state index contributed by atoms with van der Waals surface area (Å²) < 4.78 is 0. The number of anilines is 3. The summed E-state index contributed by atoms with van der Waals surface area (Å²) in [5, 5.41) is 0. The van der Waals surface area contributed by atoms with Crippen LogP contribution < -0.4 is 4.90 Å². The average molecular weight is 702 g/mol. The molecule has 1 nitrogen and oxygen atoms in total. The van der Waals surface area contributed by atoms with Crippen molar-refractivity contribution >= 4 is 17.1 Å². The Morgan fingerprint density at radius 1 is 0.200 bits per heavy atom. The van der Waals surface area contributed by atoms with Gasteiger partial charge >= 0.3 is 0 Å². The summed E-state index contributed by atoms with van der Waals surface area (Å²) in [6.45, 7) is 0. The van der Waals surface area contributed by atoms with Crippen molar-refractivity contribution < 1.29 is 0 Å². The van der Waals surface area contributed by atoms with E-state index in [1.54, 1.807) is 0 Å². The Kier molecular flexibility index (Phi) is 9.41. The van der Waals surface area contributed by atoms with Crippen LogP contribution in [0.3, 0.4) is 0 Å². The van der Waals surface area contributed by atoms with Gasteiger partial charge in [0.2, 0.25) is 0 Å². The standard InChI is InChI=1S/C54H39N/c1-5-15-40(16-6-1)42-29-34-49(35-30-42)55(50-36-31-43(32-37-50)41-17-7-2-8-18-41)54-39-48(33-38-53(54)46-21-11-4-12-22-46)44-25-27-47(28-26-44)52-24-14-13-23-51(52)45-19-9-3-10-20-45/h1-39H. The van der Waals surface area contributed by atoms with E-state index in [4.69, 9.17) is 0 Å². The molecule has 0 saturated carbocycles. The second kappa shape index (κ2) is 15.4. The monoisotopic (exact) mass is 701 g/mol. The van der Waals surface area contributed by atoms with Gasteiger partial charge < -0.3 is 4.90 Å². The molecule has 0 aliphatic carbocycles. The van der Waals surface area contributed by atoms with E-state index in [9.17, 15) is 0 Å². The van der Waals surface area contributed by atoms with Gasteiger partial charge in [-0.2, -0.15) is 0 Å². The smallest absolute Gasteiger partial charge is 0.0546 e. The van der Waals surface area contributed by atoms with Crippen molar-refractivity contribution in [2.24, 2.45) is 0 Å². The fourth-order valence-corrected chi connectivity index (χ4v) is 7.50. The van der Waals surface area contributed by atoms with Crippen molar-refractivity contribution in [1.29, 1.82) is 0 Å². The molecule has 0 spiro atoms. The van der Waals surface area contributed by atoms with Crippen molar-refractivity contribution in [1.82, 2.24) is 0 Å². The lowest BCUT2D eigenvalue weighted by Gasteiger charge is -2.29. The fraction of sp³-hybridized carbons (Fsp3) is 0. The first-order valence-corrected chi connectivity index (χ1v) is 18.8. The number of rotatable bonds is 9. The third-order valence-corrected chi connectivity index (χ3v) is 10.3. The minimum absolute atomic E-state index is 1.09. The topological polar surface area (TPSA) is 3.24 Å². The lowest BCUT2D eigenvalue weighted by molar-refractivity contribution is 1.28. The van der Waals surface area contributed by atoms with Crippen LogP contribution in [0.2, 0.25) is 0 Å². The number of nitrogens with zero attached hydrogens (tertiary/aromatic N) is 1. The van der Waals surface area contributed by atoms with Crippen LogP contribution in [0.4, 0.5) is 17.1 Å². The molecule has 0 unspecified atom stereocenters. The van der Waals surface area contributed by atoms with Crippen LogP contribution in [0.5, 0.6) is 0 Å². The first kappa shape index (κ1) is 33.6. The molecule has 0 saturated heterocycles. The number of hydrogen-bond acceptors (Lipinski definition) is 1. The molecule has 0 aliphatic rings. The zero-order valence-electron chi connectivity index (χ0n) is 30.5. The fourth-order valence-electron chi connectivity index (χ4n) is 7.50. The van der Waals surface area contributed by atoms with Gasteiger partial charge in [-0.05, 0) is 91.5 Å². The van der Waals surface area contributed by atoms with Crippen LogP contribution in [0, 0.1) is 0 Å². The SMILES string of the molecule is c1ccc(-c2ccc(N(c3ccc(-c4ccccc4)cc3)c3cc(-c4ccc(-c5ccccc5-c5ccccc5)cc4)ccc3-c3ccccc3)cc2)cc1. The van der Waals surface area contributed by atoms with Gasteiger partial charge in [0.25, 0.3) is 0 Å². The van der Waals surface area contributed by atoms with Gasteiger partial charge in [-0.3, -0.25) is 0 Å². The normalized spacial score (nSPS) is 10.9. The van der Waals surface area contributed by atoms with E-state index in [0.29, 0.717) is 0 Å². The van der Waals surface area contributed by atoms with E-state index < -0.39 is 0 Å². The van der Waals surface area contributed by atoms with Gasteiger partial charge in [0.15, 0.2) is 0 Å². The molecule has 9 aromatic rings. The van der Waals surface area contributed by atoms with E-state index in [0.717, 1.165) is 28.2 Å². The molecule has 1 heteroatoms. The number of benzene rings is 9. The molecule has 0 radical (unpaired) electrons. The molecular weight excluding hydrogens is 663 g/mol. The quantitative estimate of drug-likeness (QED) is 0.145.